The van der Waals surface area contributed by atoms with E-state index in [1.807, 2.05) is 6.92 Å². The first-order valence-electron chi connectivity index (χ1n) is 23.0. The number of amides is 3. The monoisotopic (exact) mass is 884 g/mol. The van der Waals surface area contributed by atoms with Crippen LogP contribution >= 0.6 is 19.4 Å². The number of carbonyl (C=O) groups is 3. The molecule has 0 heterocycles. The van der Waals surface area contributed by atoms with Gasteiger partial charge in [-0.25, -0.2) is 4.79 Å². The summed E-state index contributed by atoms with van der Waals surface area (Å²) in [6.45, 7) is 12.5. The van der Waals surface area contributed by atoms with E-state index in [0.29, 0.717) is 39.5 Å². The molecule has 0 aliphatic rings. The van der Waals surface area contributed by atoms with Gasteiger partial charge in [-0.2, -0.15) is 11.8 Å². The van der Waals surface area contributed by atoms with Crippen LogP contribution < -0.4 is 16.0 Å². The van der Waals surface area contributed by atoms with E-state index in [-0.39, 0.29) is 57.0 Å². The molecule has 3 amide bonds. The van der Waals surface area contributed by atoms with E-state index < -0.39 is 30.9 Å². The molecule has 14 nitrogen and oxygen atoms in total. The molecule has 350 valence electrons. The van der Waals surface area contributed by atoms with E-state index in [0.717, 1.165) is 32.1 Å². The topological polar surface area (TPSA) is 180 Å². The number of carboxylic acid groups (broad SMARTS) is 1. The van der Waals surface area contributed by atoms with Crippen molar-refractivity contribution in [3.8, 4) is 0 Å². The number of hydrogen-bond donors (Lipinski definition) is 4. The first kappa shape index (κ1) is 57.5. The Morgan fingerprint density at radius 1 is 0.610 bits per heavy atom. The Morgan fingerprint density at radius 3 is 1.61 bits per heavy atom. The third kappa shape index (κ3) is 30.3. The molecule has 0 saturated carbocycles. The normalized spacial score (nSPS) is 13.2. The zero-order valence-corrected chi connectivity index (χ0v) is 39.5. The largest absolute Gasteiger partial charge is 0.465 e. The Balaban J connectivity index is 5.58. The maximum Gasteiger partial charge on any atom is 0.406 e. The minimum atomic E-state index is -4.44. The summed E-state index contributed by atoms with van der Waals surface area (Å²) >= 11 is 1.17. The predicted molar refractivity (Wildman–Crippen MR) is 240 cm³/mol. The van der Waals surface area contributed by atoms with Gasteiger partial charge in [-0.05, 0) is 33.6 Å². The van der Waals surface area contributed by atoms with Gasteiger partial charge in [-0.3, -0.25) is 19.5 Å². The SMILES string of the molecule is CCCCCCCCCCCCOC[C@H](CSC[C@@](NC(=O)O)(C(=O)NCCOCCOCCOCC)P(=O)(OCC)OCC)NC(=O)CCCCCCCCCCC. The van der Waals surface area contributed by atoms with Gasteiger partial charge in [0, 0.05) is 37.7 Å². The molecule has 0 aliphatic heterocycles. The van der Waals surface area contributed by atoms with Crippen LogP contribution in [0.25, 0.3) is 0 Å². The van der Waals surface area contributed by atoms with Gasteiger partial charge in [0.05, 0.1) is 58.9 Å². The summed E-state index contributed by atoms with van der Waals surface area (Å²) in [6.07, 6.45) is 21.4. The highest BCUT2D eigenvalue weighted by molar-refractivity contribution is 7.99. The van der Waals surface area contributed by atoms with Crippen molar-refractivity contribution in [1.82, 2.24) is 16.0 Å². The Morgan fingerprint density at radius 2 is 1.10 bits per heavy atom. The van der Waals surface area contributed by atoms with Crippen molar-refractivity contribution in [2.45, 2.75) is 174 Å². The summed E-state index contributed by atoms with van der Waals surface area (Å²) in [5.74, 6) is -0.970. The van der Waals surface area contributed by atoms with Gasteiger partial charge in [0.15, 0.2) is 0 Å². The number of ether oxygens (including phenoxy) is 4. The Labute approximate surface area is 362 Å². The molecule has 0 saturated heterocycles. The van der Waals surface area contributed by atoms with Crippen molar-refractivity contribution in [3.63, 3.8) is 0 Å². The zero-order valence-electron chi connectivity index (χ0n) is 37.8. The van der Waals surface area contributed by atoms with Crippen LogP contribution in [0.3, 0.4) is 0 Å². The Hall–Kier alpha value is -1.45. The van der Waals surface area contributed by atoms with E-state index in [1.54, 1.807) is 13.8 Å². The molecule has 0 aromatic rings. The van der Waals surface area contributed by atoms with Gasteiger partial charge in [0.1, 0.15) is 0 Å². The third-order valence-corrected chi connectivity index (χ3v) is 13.8. The molecule has 59 heavy (non-hydrogen) atoms. The first-order chi connectivity index (χ1) is 28.7. The van der Waals surface area contributed by atoms with Gasteiger partial charge < -0.3 is 43.7 Å². The minimum Gasteiger partial charge on any atom is -0.465 e. The van der Waals surface area contributed by atoms with Gasteiger partial charge in [0.25, 0.3) is 5.91 Å². The molecule has 0 bridgehead atoms. The molecule has 0 aromatic heterocycles. The highest BCUT2D eigenvalue weighted by atomic mass is 32.2. The fourth-order valence-corrected chi connectivity index (χ4v) is 10.2. The molecule has 0 rings (SSSR count). The van der Waals surface area contributed by atoms with E-state index in [9.17, 15) is 24.1 Å². The lowest BCUT2D eigenvalue weighted by atomic mass is 10.1. The van der Waals surface area contributed by atoms with Gasteiger partial charge >= 0.3 is 13.7 Å². The fraction of sp³-hybridized carbons (Fsp3) is 0.930. The van der Waals surface area contributed by atoms with Gasteiger partial charge in [0.2, 0.25) is 11.2 Å². The smallest absolute Gasteiger partial charge is 0.406 e. The standard InChI is InChI=1S/C43H86N3O11PS/c1-6-11-13-15-17-19-21-23-25-27-30-55-36-39(45-40(47)28-26-24-22-20-18-16-14-12-7-2)37-59-38-43(46-42(49)50,58(51,56-9-4)57-10-5)41(48)44-29-31-53-34-35-54-33-32-52-8-3/h39,46H,6-38H2,1-5H3,(H,44,48)(H,45,47)(H,49,50)/t39-,43+/m1/s1. The Bertz CT molecular complexity index is 1050. The molecular weight excluding hydrogens is 798 g/mol. The van der Waals surface area contributed by atoms with E-state index >= 15 is 0 Å². The van der Waals surface area contributed by atoms with Crippen molar-refractivity contribution >= 4 is 37.3 Å². The molecule has 0 spiro atoms. The molecule has 2 atom stereocenters. The number of carbonyl (C=O) groups excluding carboxylic acids is 2. The average molecular weight is 884 g/mol. The number of rotatable bonds is 45. The molecule has 0 radical (unpaired) electrons. The van der Waals surface area contributed by atoms with E-state index in [1.165, 1.54) is 102 Å². The quantitative estimate of drug-likeness (QED) is 0.0337. The summed E-state index contributed by atoms with van der Waals surface area (Å²) in [5, 5.41) is 15.7. The van der Waals surface area contributed by atoms with Crippen molar-refractivity contribution in [3.05, 3.63) is 0 Å². The first-order valence-corrected chi connectivity index (χ1v) is 25.7. The molecule has 0 unspecified atom stereocenters. The molecule has 16 heteroatoms. The number of nitrogens with one attached hydrogen (secondary N) is 3. The van der Waals surface area contributed by atoms with Crippen molar-refractivity contribution in [2.24, 2.45) is 0 Å². The lowest BCUT2D eigenvalue weighted by molar-refractivity contribution is -0.125. The lowest BCUT2D eigenvalue weighted by Gasteiger charge is -2.37. The number of hydrogen-bond acceptors (Lipinski definition) is 11. The molecule has 0 aromatic carbocycles. The maximum absolute atomic E-state index is 14.4. The average Bonchev–Trinajstić information content (AvgIpc) is 3.20. The number of thioether (sulfide) groups is 1. The van der Waals surface area contributed by atoms with Crippen LogP contribution in [0.2, 0.25) is 0 Å². The third-order valence-electron chi connectivity index (χ3n) is 9.70. The lowest BCUT2D eigenvalue weighted by Crippen LogP contribution is -2.61. The van der Waals surface area contributed by atoms with E-state index in [2.05, 4.69) is 29.8 Å². The summed E-state index contributed by atoms with van der Waals surface area (Å²) in [6, 6.07) is -0.428. The van der Waals surface area contributed by atoms with Crippen LogP contribution in [-0.4, -0.2) is 118 Å². The molecule has 4 N–H and O–H groups in total. The van der Waals surface area contributed by atoms with Crippen LogP contribution in [-0.2, 0) is 42.1 Å². The molecular formula is C43H86N3O11PS. The summed E-state index contributed by atoms with van der Waals surface area (Å²) < 4.78 is 47.9. The highest BCUT2D eigenvalue weighted by Gasteiger charge is 2.58. The van der Waals surface area contributed by atoms with Crippen LogP contribution in [0, 0.1) is 0 Å². The van der Waals surface area contributed by atoms with Crippen molar-refractivity contribution in [1.29, 1.82) is 0 Å². The van der Waals surface area contributed by atoms with Crippen molar-refractivity contribution < 1.29 is 52.1 Å². The fourth-order valence-electron chi connectivity index (χ4n) is 6.47. The van der Waals surface area contributed by atoms with Gasteiger partial charge in [-0.1, -0.05) is 123 Å². The van der Waals surface area contributed by atoms with Crippen molar-refractivity contribution in [2.75, 3.05) is 84.1 Å². The number of unbranched alkanes of at least 4 members (excludes halogenated alkanes) is 17. The summed E-state index contributed by atoms with van der Waals surface area (Å²) in [4.78, 5) is 39.4. The highest BCUT2D eigenvalue weighted by Crippen LogP contribution is 2.60. The van der Waals surface area contributed by atoms with Crippen LogP contribution in [0.1, 0.15) is 163 Å². The summed E-state index contributed by atoms with van der Waals surface area (Å²) in [7, 11) is -4.44. The second-order valence-corrected chi connectivity index (χ2v) is 18.2. The van der Waals surface area contributed by atoms with Crippen LogP contribution in [0.15, 0.2) is 0 Å². The summed E-state index contributed by atoms with van der Waals surface area (Å²) in [5.41, 5.74) is 0. The van der Waals surface area contributed by atoms with Crippen LogP contribution in [0.4, 0.5) is 4.79 Å². The predicted octanol–water partition coefficient (Wildman–Crippen LogP) is 9.48. The minimum absolute atomic E-state index is 0.00802. The zero-order chi connectivity index (χ0) is 43.7. The van der Waals surface area contributed by atoms with Crippen LogP contribution in [0.5, 0.6) is 0 Å². The second kappa shape index (κ2) is 40.6. The Kier molecular flexibility index (Phi) is 39.6. The maximum atomic E-state index is 14.4. The van der Waals surface area contributed by atoms with E-state index in [4.69, 9.17) is 28.0 Å². The second-order valence-electron chi connectivity index (χ2n) is 14.9. The molecule has 0 fully saturated rings. The molecule has 0 aliphatic carbocycles. The van der Waals surface area contributed by atoms with Gasteiger partial charge in [-0.15, -0.1) is 0 Å².